The predicted octanol–water partition coefficient (Wildman–Crippen LogP) is 3.60. The Kier molecular flexibility index (Phi) is 4.64. The largest absolute Gasteiger partial charge is 0.374 e. The highest BCUT2D eigenvalue weighted by Crippen LogP contribution is 2.32. The molecule has 0 amide bonds. The maximum atomic E-state index is 5.96. The van der Waals surface area contributed by atoms with E-state index in [4.69, 9.17) is 4.74 Å². The smallest absolute Gasteiger partial charge is 0.0811 e. The van der Waals surface area contributed by atoms with Crippen molar-refractivity contribution in [1.29, 1.82) is 0 Å². The molecule has 2 unspecified atom stereocenters. The molecule has 1 aromatic rings. The van der Waals surface area contributed by atoms with Gasteiger partial charge in [-0.05, 0) is 54.7 Å². The van der Waals surface area contributed by atoms with Crippen molar-refractivity contribution < 1.29 is 4.74 Å². The van der Waals surface area contributed by atoms with E-state index in [9.17, 15) is 0 Å². The molecule has 1 fully saturated rings. The van der Waals surface area contributed by atoms with E-state index in [1.54, 1.807) is 0 Å². The summed E-state index contributed by atoms with van der Waals surface area (Å²) >= 11 is 5.34. The molecule has 0 aromatic carbocycles. The normalized spacial score (nSPS) is 26.3. The fourth-order valence-electron chi connectivity index (χ4n) is 2.49. The Bertz CT molecular complexity index is 360. The quantitative estimate of drug-likeness (QED) is 0.896. The first-order chi connectivity index (χ1) is 8.14. The second kappa shape index (κ2) is 5.83. The molecular weight excluding hydrogens is 298 g/mol. The topological polar surface area (TPSA) is 21.3 Å². The Hall–Kier alpha value is 0.1000. The van der Waals surface area contributed by atoms with E-state index in [1.165, 1.54) is 15.8 Å². The predicted molar refractivity (Wildman–Crippen MR) is 76.8 cm³/mol. The first-order valence-corrected chi connectivity index (χ1v) is 7.91. The molecule has 2 heterocycles. The average Bonchev–Trinajstić information content (AvgIpc) is 2.88. The van der Waals surface area contributed by atoms with Gasteiger partial charge in [-0.15, -0.1) is 11.3 Å². The summed E-state index contributed by atoms with van der Waals surface area (Å²) in [6, 6.07) is 2.63. The maximum absolute atomic E-state index is 5.96. The third kappa shape index (κ3) is 3.31. The Labute approximate surface area is 116 Å². The molecule has 17 heavy (non-hydrogen) atoms. The molecule has 2 nitrogen and oxygen atoms in total. The minimum absolute atomic E-state index is 0.00642. The number of ether oxygens (including phenoxy) is 1. The van der Waals surface area contributed by atoms with Gasteiger partial charge >= 0.3 is 0 Å². The molecule has 1 aliphatic heterocycles. The lowest BCUT2D eigenvalue weighted by Crippen LogP contribution is -2.49. The first kappa shape index (κ1) is 13.5. The van der Waals surface area contributed by atoms with Crippen LogP contribution in [0.1, 0.15) is 31.6 Å². The van der Waals surface area contributed by atoms with Crippen LogP contribution in [0.5, 0.6) is 0 Å². The van der Waals surface area contributed by atoms with Gasteiger partial charge in [0.2, 0.25) is 0 Å². The minimum Gasteiger partial charge on any atom is -0.374 e. The zero-order valence-corrected chi connectivity index (χ0v) is 12.9. The van der Waals surface area contributed by atoms with Crippen molar-refractivity contribution in [3.63, 3.8) is 0 Å². The third-order valence-corrected chi connectivity index (χ3v) is 5.18. The van der Waals surface area contributed by atoms with Crippen LogP contribution in [0.3, 0.4) is 0 Å². The van der Waals surface area contributed by atoms with Gasteiger partial charge in [0.1, 0.15) is 0 Å². The van der Waals surface area contributed by atoms with Gasteiger partial charge in [-0.1, -0.05) is 6.92 Å². The molecule has 0 saturated carbocycles. The standard InChI is InChI=1S/C13H20BrNOS/c1-3-15-12(13(2)5-4-6-16-13)8-11-7-10(14)9-17-11/h7,9,12,15H,3-6,8H2,1-2H3. The van der Waals surface area contributed by atoms with Crippen LogP contribution in [0, 0.1) is 0 Å². The van der Waals surface area contributed by atoms with Crippen molar-refractivity contribution in [2.24, 2.45) is 0 Å². The van der Waals surface area contributed by atoms with Gasteiger partial charge in [0.05, 0.1) is 5.60 Å². The fourth-order valence-corrected chi connectivity index (χ4v) is 3.99. The number of rotatable bonds is 5. The lowest BCUT2D eigenvalue weighted by Gasteiger charge is -2.33. The summed E-state index contributed by atoms with van der Waals surface area (Å²) in [5.74, 6) is 0. The molecule has 1 aliphatic rings. The molecular formula is C13H20BrNOS. The van der Waals surface area contributed by atoms with Gasteiger partial charge in [0, 0.05) is 27.4 Å². The van der Waals surface area contributed by atoms with Crippen molar-refractivity contribution in [1.82, 2.24) is 5.32 Å². The number of thiophene rings is 1. The monoisotopic (exact) mass is 317 g/mol. The second-order valence-electron chi connectivity index (χ2n) is 4.81. The molecule has 1 saturated heterocycles. The first-order valence-electron chi connectivity index (χ1n) is 6.24. The molecule has 1 aromatic heterocycles. The highest BCUT2D eigenvalue weighted by molar-refractivity contribution is 9.10. The van der Waals surface area contributed by atoms with Gasteiger partial charge in [-0.3, -0.25) is 0 Å². The van der Waals surface area contributed by atoms with E-state index in [0.29, 0.717) is 6.04 Å². The average molecular weight is 318 g/mol. The SMILES string of the molecule is CCNC(Cc1cc(Br)cs1)C1(C)CCCO1. The maximum Gasteiger partial charge on any atom is 0.0811 e. The summed E-state index contributed by atoms with van der Waals surface area (Å²) in [7, 11) is 0. The van der Waals surface area contributed by atoms with Crippen LogP contribution in [-0.4, -0.2) is 24.8 Å². The molecule has 4 heteroatoms. The number of nitrogens with one attached hydrogen (secondary N) is 1. The molecule has 2 atom stereocenters. The number of halogens is 1. The van der Waals surface area contributed by atoms with Crippen molar-refractivity contribution in [3.05, 3.63) is 20.8 Å². The van der Waals surface area contributed by atoms with Crippen LogP contribution in [0.4, 0.5) is 0 Å². The van der Waals surface area contributed by atoms with E-state index < -0.39 is 0 Å². The number of likely N-dealkylation sites (N-methyl/N-ethyl adjacent to an activating group) is 1. The van der Waals surface area contributed by atoms with Crippen molar-refractivity contribution in [2.75, 3.05) is 13.2 Å². The Morgan fingerprint density at radius 3 is 3.00 bits per heavy atom. The van der Waals surface area contributed by atoms with Crippen molar-refractivity contribution in [2.45, 2.75) is 44.8 Å². The molecule has 0 spiro atoms. The van der Waals surface area contributed by atoms with Crippen molar-refractivity contribution >= 4 is 27.3 Å². The molecule has 96 valence electrons. The van der Waals surface area contributed by atoms with E-state index in [-0.39, 0.29) is 5.60 Å². The summed E-state index contributed by atoms with van der Waals surface area (Å²) in [6.07, 6.45) is 3.41. The second-order valence-corrected chi connectivity index (χ2v) is 6.72. The Morgan fingerprint density at radius 1 is 1.65 bits per heavy atom. The van der Waals surface area contributed by atoms with Crippen LogP contribution in [0.2, 0.25) is 0 Å². The fraction of sp³-hybridized carbons (Fsp3) is 0.692. The van der Waals surface area contributed by atoms with Crippen LogP contribution in [-0.2, 0) is 11.2 Å². The number of hydrogen-bond acceptors (Lipinski definition) is 3. The summed E-state index contributed by atoms with van der Waals surface area (Å²) in [5, 5.41) is 5.74. The van der Waals surface area contributed by atoms with Gasteiger partial charge in [0.25, 0.3) is 0 Å². The Balaban J connectivity index is 2.06. The summed E-state index contributed by atoms with van der Waals surface area (Å²) < 4.78 is 7.15. The zero-order chi connectivity index (χ0) is 12.3. The van der Waals surface area contributed by atoms with Gasteiger partial charge < -0.3 is 10.1 Å². The van der Waals surface area contributed by atoms with Crippen LogP contribution < -0.4 is 5.32 Å². The zero-order valence-electron chi connectivity index (χ0n) is 10.5. The summed E-state index contributed by atoms with van der Waals surface area (Å²) in [5.41, 5.74) is 0.00642. The van der Waals surface area contributed by atoms with E-state index in [0.717, 1.165) is 26.0 Å². The van der Waals surface area contributed by atoms with E-state index in [1.807, 2.05) is 11.3 Å². The van der Waals surface area contributed by atoms with Crippen LogP contribution >= 0.6 is 27.3 Å². The molecule has 0 radical (unpaired) electrons. The van der Waals surface area contributed by atoms with E-state index in [2.05, 4.69) is 46.5 Å². The van der Waals surface area contributed by atoms with Gasteiger partial charge in [-0.2, -0.15) is 0 Å². The molecule has 0 bridgehead atoms. The van der Waals surface area contributed by atoms with Crippen LogP contribution in [0.15, 0.2) is 15.9 Å². The summed E-state index contributed by atoms with van der Waals surface area (Å²) in [6.45, 7) is 6.31. The number of hydrogen-bond donors (Lipinski definition) is 1. The van der Waals surface area contributed by atoms with Crippen molar-refractivity contribution in [3.8, 4) is 0 Å². The summed E-state index contributed by atoms with van der Waals surface area (Å²) in [4.78, 5) is 1.42. The Morgan fingerprint density at radius 2 is 2.47 bits per heavy atom. The minimum atomic E-state index is 0.00642. The van der Waals surface area contributed by atoms with E-state index >= 15 is 0 Å². The molecule has 0 aliphatic carbocycles. The van der Waals surface area contributed by atoms with Gasteiger partial charge in [-0.25, -0.2) is 0 Å². The lowest BCUT2D eigenvalue weighted by molar-refractivity contribution is -0.0108. The van der Waals surface area contributed by atoms with Crippen LogP contribution in [0.25, 0.3) is 0 Å². The highest BCUT2D eigenvalue weighted by Gasteiger charge is 2.37. The molecule has 2 rings (SSSR count). The van der Waals surface area contributed by atoms with Gasteiger partial charge in [0.15, 0.2) is 0 Å². The highest BCUT2D eigenvalue weighted by atomic mass is 79.9. The third-order valence-electron chi connectivity index (χ3n) is 3.46. The lowest BCUT2D eigenvalue weighted by atomic mass is 9.90. The molecule has 1 N–H and O–H groups in total.